The van der Waals surface area contributed by atoms with Gasteiger partial charge in [0.1, 0.15) is 42.4 Å². The van der Waals surface area contributed by atoms with Gasteiger partial charge in [-0.05, 0) is 6.07 Å². The normalized spacial score (nSPS) is 29.2. The monoisotopic (exact) mass is 790 g/mol. The molecule has 0 aromatic carbocycles. The molecule has 24 nitrogen and oxygen atoms in total. The number of hydrogen-bond acceptors (Lipinski definition) is 17. The summed E-state index contributed by atoms with van der Waals surface area (Å²) in [5.74, 6) is -0.793. The van der Waals surface area contributed by atoms with Crippen LogP contribution in [0.15, 0.2) is 49.6 Å². The summed E-state index contributed by atoms with van der Waals surface area (Å²) in [5.41, 5.74) is 5.97. The molecule has 273 valence electrons. The van der Waals surface area contributed by atoms with E-state index in [-0.39, 0.29) is 46.3 Å². The van der Waals surface area contributed by atoms with Gasteiger partial charge in [-0.1, -0.05) is 0 Å². The quantitative estimate of drug-likeness (QED) is 0.0397. The molecule has 0 aliphatic carbocycles. The minimum absolute atomic E-state index is 0. The number of hydrogen-bond donors (Lipinski definition) is 7. The Morgan fingerprint density at radius 1 is 0.980 bits per heavy atom. The third-order valence-corrected chi connectivity index (χ3v) is 10.6. The van der Waals surface area contributed by atoms with Crippen LogP contribution >= 0.6 is 23.5 Å². The minimum atomic E-state index is -5.77. The number of pyridine rings is 1. The molecule has 1 radical (unpaired) electrons. The van der Waals surface area contributed by atoms with Crippen molar-refractivity contribution in [1.82, 2.24) is 23.9 Å². The largest absolute Gasteiger partial charge is 0.756 e. The molecule has 1 amide bonds. The number of carbonyl (C=O) groups is 1. The smallest absolute Gasteiger partial charge is 0.478 e. The summed E-state index contributed by atoms with van der Waals surface area (Å²) in [6, 6.07) is 2.79. The summed E-state index contributed by atoms with van der Waals surface area (Å²) in [4.78, 5) is 65.6. The molecule has 8 N–H and O–H groups in total. The third-order valence-electron chi connectivity index (χ3n) is 7.54. The van der Waals surface area contributed by atoms with Crippen molar-refractivity contribution in [3.8, 4) is 0 Å². The van der Waals surface area contributed by atoms with E-state index in [1.165, 1.54) is 46.0 Å². The van der Waals surface area contributed by atoms with E-state index in [1.807, 2.05) is 0 Å². The summed E-state index contributed by atoms with van der Waals surface area (Å²) >= 11 is 0. The number of phosphoric acid groups is 3. The Labute approximate surface area is 307 Å². The number of aromatic nitrogens is 6. The standard InChI is InChI=1S/C23H28N7O17P3.Na/c24-19(34)11-2-1-4-28(6-11)22-17(33)15(31)12(44-22)7-42-49(38,39)47-50(40,41)43-8-13-16(32)18(46-48(35,36)37)23(45-13)30-10-26-14-20-25-3-5-29(20)9-27-21(14)30;/h1-6,9-10,12-13,15-18,22-23,31-33H,7-8H2,(H5-,24,34,35,36,37,38,39,40,41);. The van der Waals surface area contributed by atoms with E-state index in [0.29, 0.717) is 5.65 Å². The molecule has 10 atom stereocenters. The maximum Gasteiger partial charge on any atom is 0.478 e. The molecule has 0 saturated carbocycles. The van der Waals surface area contributed by atoms with Crippen LogP contribution in [0.4, 0.5) is 0 Å². The van der Waals surface area contributed by atoms with Crippen LogP contribution in [0.25, 0.3) is 16.8 Å². The second-order valence-electron chi connectivity index (χ2n) is 10.9. The Hall–Kier alpha value is -2.12. The number of ether oxygens (including phenoxy) is 2. The Morgan fingerprint density at radius 3 is 2.39 bits per heavy atom. The number of phosphoric ester groups is 3. The van der Waals surface area contributed by atoms with Crippen molar-refractivity contribution >= 4 is 75.7 Å². The van der Waals surface area contributed by atoms with Gasteiger partial charge in [0.05, 0.1) is 19.5 Å². The van der Waals surface area contributed by atoms with Gasteiger partial charge in [-0.25, -0.2) is 28.4 Å². The van der Waals surface area contributed by atoms with E-state index in [9.17, 15) is 53.4 Å². The first kappa shape index (κ1) is 40.1. The van der Waals surface area contributed by atoms with Crippen LogP contribution in [0.2, 0.25) is 0 Å². The number of aliphatic hydroxyl groups excluding tert-OH is 3. The van der Waals surface area contributed by atoms with Crippen molar-refractivity contribution in [3.63, 3.8) is 0 Å². The van der Waals surface area contributed by atoms with Gasteiger partial charge < -0.3 is 54.6 Å². The fourth-order valence-electron chi connectivity index (χ4n) is 5.30. The molecule has 2 aliphatic heterocycles. The molecule has 2 aliphatic rings. The van der Waals surface area contributed by atoms with E-state index in [0.717, 1.165) is 10.9 Å². The predicted molar refractivity (Wildman–Crippen MR) is 160 cm³/mol. The average molecular weight is 790 g/mol. The van der Waals surface area contributed by atoms with Crippen LogP contribution < -0.4 is 15.2 Å². The fourth-order valence-corrected chi connectivity index (χ4v) is 7.90. The van der Waals surface area contributed by atoms with Crippen molar-refractivity contribution in [2.75, 3.05) is 13.2 Å². The number of primary amides is 1. The van der Waals surface area contributed by atoms with Crippen LogP contribution in [0, 0.1) is 0 Å². The molecule has 6 heterocycles. The zero-order valence-electron chi connectivity index (χ0n) is 25.9. The second kappa shape index (κ2) is 15.3. The van der Waals surface area contributed by atoms with Gasteiger partial charge in [-0.15, -0.1) is 0 Å². The van der Waals surface area contributed by atoms with Gasteiger partial charge in [0.2, 0.25) is 0 Å². The number of imidazole rings is 2. The van der Waals surface area contributed by atoms with Crippen LogP contribution in [-0.2, 0) is 41.1 Å². The number of amides is 1. The van der Waals surface area contributed by atoms with Gasteiger partial charge in [0.25, 0.3) is 20.0 Å². The molecular weight excluding hydrogens is 762 g/mol. The average Bonchev–Trinajstić information content (AvgIpc) is 3.80. The first-order valence-corrected chi connectivity index (χ1v) is 18.6. The number of carbonyl (C=O) groups excluding carboxylic acids is 1. The van der Waals surface area contributed by atoms with Gasteiger partial charge >= 0.3 is 15.6 Å². The second-order valence-corrected chi connectivity index (χ2v) is 15.1. The molecule has 28 heteroatoms. The first-order chi connectivity index (χ1) is 23.4. The molecule has 51 heavy (non-hydrogen) atoms. The van der Waals surface area contributed by atoms with E-state index in [4.69, 9.17) is 19.7 Å². The molecular formula is C23H28N7NaO17P3. The minimum Gasteiger partial charge on any atom is -0.756 e. The van der Waals surface area contributed by atoms with Crippen LogP contribution in [0.5, 0.6) is 0 Å². The molecule has 2 saturated heterocycles. The summed E-state index contributed by atoms with van der Waals surface area (Å²) in [5, 5.41) is 31.6. The van der Waals surface area contributed by atoms with Crippen LogP contribution in [0.3, 0.4) is 0 Å². The number of aliphatic hydroxyl groups is 3. The van der Waals surface area contributed by atoms with Crippen molar-refractivity contribution in [2.24, 2.45) is 5.73 Å². The van der Waals surface area contributed by atoms with Crippen molar-refractivity contribution in [2.45, 2.75) is 49.1 Å². The van der Waals surface area contributed by atoms with Gasteiger partial charge in [0.15, 0.2) is 41.5 Å². The molecule has 2 fully saturated rings. The molecule has 4 aromatic rings. The van der Waals surface area contributed by atoms with Crippen molar-refractivity contribution in [3.05, 3.63) is 55.1 Å². The summed E-state index contributed by atoms with van der Waals surface area (Å²) < 4.78 is 70.0. The topological polar surface area (TPSA) is 346 Å². The Kier molecular flexibility index (Phi) is 12.0. The maximum atomic E-state index is 12.5. The molecule has 0 spiro atoms. The van der Waals surface area contributed by atoms with Gasteiger partial charge in [-0.3, -0.25) is 27.4 Å². The van der Waals surface area contributed by atoms with E-state index in [2.05, 4.69) is 28.3 Å². The molecule has 10 unspecified atom stereocenters. The number of rotatable bonds is 13. The van der Waals surface area contributed by atoms with Crippen molar-refractivity contribution < 1.29 is 85.3 Å². The summed E-state index contributed by atoms with van der Waals surface area (Å²) in [7, 11) is -16.6. The van der Waals surface area contributed by atoms with E-state index < -0.39 is 91.7 Å². The van der Waals surface area contributed by atoms with E-state index in [1.54, 1.807) is 6.20 Å². The Morgan fingerprint density at radius 2 is 1.69 bits per heavy atom. The predicted octanol–water partition coefficient (Wildman–Crippen LogP) is -3.24. The maximum absolute atomic E-state index is 12.5. The number of fused-ring (bicyclic) bond motifs is 3. The van der Waals surface area contributed by atoms with Gasteiger partial charge in [0, 0.05) is 48.0 Å². The van der Waals surface area contributed by atoms with Crippen LogP contribution in [-0.4, -0.2) is 139 Å². The zero-order chi connectivity index (χ0) is 36.2. The first-order valence-electron chi connectivity index (χ1n) is 14.1. The van der Waals surface area contributed by atoms with Crippen LogP contribution in [0.1, 0.15) is 22.8 Å². The molecule has 0 bridgehead atoms. The van der Waals surface area contributed by atoms with E-state index >= 15 is 0 Å². The zero-order valence-corrected chi connectivity index (χ0v) is 30.6. The summed E-state index contributed by atoms with van der Waals surface area (Å²) in [6.07, 6.45) is -5.04. The fraction of sp³-hybridized carbons (Fsp3) is 0.435. The van der Waals surface area contributed by atoms with Gasteiger partial charge in [-0.2, -0.15) is 4.57 Å². The molecule has 4 aromatic heterocycles. The SMILES string of the molecule is NC(=O)c1ccc[n+](C2OC(COP(=O)(O)OP(=O)([O-])OCC3OC(n4cnc5c4ncn4ccnc54)C(OP(=O)(O)O)C3O)C(O)C2O)c1.[Na]. The Bertz CT molecular complexity index is 2050. The third kappa shape index (κ3) is 8.82. The Balaban J connectivity index is 0.00000504. The summed E-state index contributed by atoms with van der Waals surface area (Å²) in [6.45, 7) is -2.10. The number of nitrogens with two attached hydrogens (primary N) is 1. The van der Waals surface area contributed by atoms with Crippen molar-refractivity contribution in [1.29, 1.82) is 0 Å². The number of nitrogens with zero attached hydrogens (tertiary/aromatic N) is 6. The molecule has 6 rings (SSSR count).